The van der Waals surface area contributed by atoms with Crippen LogP contribution in [0, 0.1) is 5.92 Å². The first kappa shape index (κ1) is 17.5. The SMILES string of the molecule is Cl.NC(CNC(=O)CNC(=O)Cc1ccccc1)C1CC1. The number of halogens is 1. The normalized spacial score (nSPS) is 14.7. The van der Waals surface area contributed by atoms with Crippen LogP contribution in [0.15, 0.2) is 30.3 Å². The van der Waals surface area contributed by atoms with Crippen molar-refractivity contribution in [2.24, 2.45) is 11.7 Å². The van der Waals surface area contributed by atoms with Crippen molar-refractivity contribution in [3.05, 3.63) is 35.9 Å². The second-order valence-corrected chi connectivity index (χ2v) is 5.24. The number of amides is 2. The van der Waals surface area contributed by atoms with E-state index in [1.807, 2.05) is 30.3 Å². The topological polar surface area (TPSA) is 84.2 Å². The second kappa shape index (κ2) is 8.64. The highest BCUT2D eigenvalue weighted by Gasteiger charge is 2.28. The summed E-state index contributed by atoms with van der Waals surface area (Å²) in [7, 11) is 0. The van der Waals surface area contributed by atoms with Gasteiger partial charge in [0.1, 0.15) is 0 Å². The average Bonchev–Trinajstić information content (AvgIpc) is 3.28. The Kier molecular flexibility index (Phi) is 7.19. The van der Waals surface area contributed by atoms with Gasteiger partial charge < -0.3 is 16.4 Å². The maximum atomic E-state index is 11.7. The van der Waals surface area contributed by atoms with Gasteiger partial charge in [-0.25, -0.2) is 0 Å². The van der Waals surface area contributed by atoms with E-state index in [1.165, 1.54) is 0 Å². The van der Waals surface area contributed by atoms with Gasteiger partial charge in [-0.15, -0.1) is 12.4 Å². The van der Waals surface area contributed by atoms with Crippen LogP contribution in [-0.2, 0) is 16.0 Å². The third-order valence-corrected chi connectivity index (χ3v) is 3.42. The number of hydrogen-bond donors (Lipinski definition) is 3. The minimum absolute atomic E-state index is 0. The van der Waals surface area contributed by atoms with Gasteiger partial charge in [0.15, 0.2) is 0 Å². The highest BCUT2D eigenvalue weighted by atomic mass is 35.5. The molecule has 0 spiro atoms. The first-order valence-corrected chi connectivity index (χ1v) is 6.98. The number of nitrogens with one attached hydrogen (secondary N) is 2. The maximum Gasteiger partial charge on any atom is 0.239 e. The molecule has 0 heterocycles. The Morgan fingerprint density at radius 3 is 2.43 bits per heavy atom. The van der Waals surface area contributed by atoms with E-state index < -0.39 is 0 Å². The molecule has 0 bridgehead atoms. The predicted octanol–water partition coefficient (Wildman–Crippen LogP) is 0.621. The van der Waals surface area contributed by atoms with Gasteiger partial charge in [0, 0.05) is 12.6 Å². The van der Waals surface area contributed by atoms with Crippen LogP contribution in [0.3, 0.4) is 0 Å². The van der Waals surface area contributed by atoms with Gasteiger partial charge >= 0.3 is 0 Å². The summed E-state index contributed by atoms with van der Waals surface area (Å²) in [5.74, 6) is 0.211. The van der Waals surface area contributed by atoms with Gasteiger partial charge in [-0.05, 0) is 24.3 Å². The van der Waals surface area contributed by atoms with Gasteiger partial charge in [-0.2, -0.15) is 0 Å². The molecule has 116 valence electrons. The van der Waals surface area contributed by atoms with E-state index in [0.717, 1.165) is 18.4 Å². The predicted molar refractivity (Wildman–Crippen MR) is 84.1 cm³/mol. The smallest absolute Gasteiger partial charge is 0.239 e. The van der Waals surface area contributed by atoms with Crippen molar-refractivity contribution in [1.82, 2.24) is 10.6 Å². The summed E-state index contributed by atoms with van der Waals surface area (Å²) in [4.78, 5) is 23.2. The number of rotatable bonds is 7. The molecule has 1 aromatic rings. The maximum absolute atomic E-state index is 11.7. The summed E-state index contributed by atoms with van der Waals surface area (Å²) in [5.41, 5.74) is 6.81. The molecule has 1 aliphatic rings. The fourth-order valence-electron chi connectivity index (χ4n) is 2.01. The lowest BCUT2D eigenvalue weighted by atomic mass is 10.1. The lowest BCUT2D eigenvalue weighted by Gasteiger charge is -2.12. The zero-order valence-electron chi connectivity index (χ0n) is 11.9. The highest BCUT2D eigenvalue weighted by molar-refractivity contribution is 5.86. The van der Waals surface area contributed by atoms with Crippen molar-refractivity contribution in [1.29, 1.82) is 0 Å². The van der Waals surface area contributed by atoms with Crippen molar-refractivity contribution in [3.63, 3.8) is 0 Å². The van der Waals surface area contributed by atoms with Gasteiger partial charge in [-0.3, -0.25) is 9.59 Å². The molecule has 1 unspecified atom stereocenters. The van der Waals surface area contributed by atoms with Gasteiger partial charge in [0.05, 0.1) is 13.0 Å². The summed E-state index contributed by atoms with van der Waals surface area (Å²) in [6, 6.07) is 9.47. The quantitative estimate of drug-likeness (QED) is 0.690. The zero-order valence-corrected chi connectivity index (χ0v) is 12.7. The molecular weight excluding hydrogens is 290 g/mol. The summed E-state index contributed by atoms with van der Waals surface area (Å²) in [5, 5.41) is 5.35. The van der Waals surface area contributed by atoms with Crippen molar-refractivity contribution >= 4 is 24.2 Å². The van der Waals surface area contributed by atoms with E-state index in [1.54, 1.807) is 0 Å². The molecule has 6 heteroatoms. The van der Waals surface area contributed by atoms with Crippen LogP contribution in [-0.4, -0.2) is 30.9 Å². The molecule has 0 saturated heterocycles. The Balaban J connectivity index is 0.00000220. The average molecular weight is 312 g/mol. The number of carbonyl (C=O) groups is 2. The van der Waals surface area contributed by atoms with Crippen molar-refractivity contribution in [2.45, 2.75) is 25.3 Å². The molecule has 0 aromatic heterocycles. The molecule has 1 atom stereocenters. The minimum atomic E-state index is -0.192. The monoisotopic (exact) mass is 311 g/mol. The highest BCUT2D eigenvalue weighted by Crippen LogP contribution is 2.31. The Morgan fingerprint density at radius 1 is 1.14 bits per heavy atom. The van der Waals surface area contributed by atoms with E-state index in [4.69, 9.17) is 5.73 Å². The van der Waals surface area contributed by atoms with Gasteiger partial charge in [-0.1, -0.05) is 30.3 Å². The number of hydrogen-bond acceptors (Lipinski definition) is 3. The fourth-order valence-corrected chi connectivity index (χ4v) is 2.01. The van der Waals surface area contributed by atoms with Crippen LogP contribution < -0.4 is 16.4 Å². The first-order chi connectivity index (χ1) is 9.65. The Morgan fingerprint density at radius 2 is 1.81 bits per heavy atom. The molecule has 5 nitrogen and oxygen atoms in total. The van der Waals surface area contributed by atoms with Crippen molar-refractivity contribution in [3.8, 4) is 0 Å². The van der Waals surface area contributed by atoms with Crippen molar-refractivity contribution < 1.29 is 9.59 Å². The molecule has 1 saturated carbocycles. The number of benzene rings is 1. The summed E-state index contributed by atoms with van der Waals surface area (Å²) in [6.07, 6.45) is 2.60. The zero-order chi connectivity index (χ0) is 14.4. The summed E-state index contributed by atoms with van der Waals surface area (Å²) in [6.45, 7) is 0.487. The Labute approximate surface area is 131 Å². The second-order valence-electron chi connectivity index (χ2n) is 5.24. The largest absolute Gasteiger partial charge is 0.353 e. The molecule has 0 aliphatic heterocycles. The van der Waals surface area contributed by atoms with Crippen molar-refractivity contribution in [2.75, 3.05) is 13.1 Å². The standard InChI is InChI=1S/C15H21N3O2.ClH/c16-13(12-6-7-12)9-17-15(20)10-18-14(19)8-11-4-2-1-3-5-11;/h1-5,12-13H,6-10,16H2,(H,17,20)(H,18,19);1H. The van der Waals surface area contributed by atoms with Crippen LogP contribution in [0.5, 0.6) is 0 Å². The van der Waals surface area contributed by atoms with E-state index in [2.05, 4.69) is 10.6 Å². The lowest BCUT2D eigenvalue weighted by Crippen LogP contribution is -2.43. The van der Waals surface area contributed by atoms with Crippen LogP contribution in [0.1, 0.15) is 18.4 Å². The molecule has 1 aromatic carbocycles. The van der Waals surface area contributed by atoms with Gasteiger partial charge in [0.25, 0.3) is 0 Å². The Hall–Kier alpha value is -1.59. The molecule has 21 heavy (non-hydrogen) atoms. The van der Waals surface area contributed by atoms with Crippen LogP contribution in [0.25, 0.3) is 0 Å². The summed E-state index contributed by atoms with van der Waals surface area (Å²) >= 11 is 0. The Bertz CT molecular complexity index is 463. The fraction of sp³-hybridized carbons (Fsp3) is 0.467. The number of nitrogens with two attached hydrogens (primary N) is 1. The minimum Gasteiger partial charge on any atom is -0.353 e. The van der Waals surface area contributed by atoms with E-state index in [0.29, 0.717) is 12.5 Å². The van der Waals surface area contributed by atoms with Crippen LogP contribution in [0.2, 0.25) is 0 Å². The molecule has 0 radical (unpaired) electrons. The molecular formula is C15H22ClN3O2. The summed E-state index contributed by atoms with van der Waals surface area (Å²) < 4.78 is 0. The molecule has 2 rings (SSSR count). The van der Waals surface area contributed by atoms with E-state index >= 15 is 0 Å². The molecule has 2 amide bonds. The molecule has 1 fully saturated rings. The molecule has 1 aliphatic carbocycles. The third kappa shape index (κ3) is 6.60. The third-order valence-electron chi connectivity index (χ3n) is 3.42. The lowest BCUT2D eigenvalue weighted by molar-refractivity contribution is -0.125. The van der Waals surface area contributed by atoms with E-state index in [9.17, 15) is 9.59 Å². The first-order valence-electron chi connectivity index (χ1n) is 6.98. The molecule has 4 N–H and O–H groups in total. The number of carbonyl (C=O) groups excluding carboxylic acids is 2. The van der Waals surface area contributed by atoms with Gasteiger partial charge in [0.2, 0.25) is 11.8 Å². The van der Waals surface area contributed by atoms with Crippen LogP contribution in [0.4, 0.5) is 0 Å². The van der Waals surface area contributed by atoms with E-state index in [-0.39, 0.29) is 43.2 Å². The van der Waals surface area contributed by atoms with Crippen LogP contribution >= 0.6 is 12.4 Å².